The molecule has 5 nitrogen and oxygen atoms in total. The Bertz CT molecular complexity index is 711. The standard InChI is InChI=1S/C20H25F3N2O3/c21-20(22,23)17-4-2-1-3-15(17)12-25(11-13-5-6-13)19(28)24-16-9-7-14(8-10-16)18(26)27/h1-4,13-14,16H,5-12H2,(H,24,28)(H,26,27). The summed E-state index contributed by atoms with van der Waals surface area (Å²) in [6, 6.07) is 4.83. The number of carbonyl (C=O) groups excluding carboxylic acids is 1. The third kappa shape index (κ3) is 5.39. The largest absolute Gasteiger partial charge is 0.481 e. The van der Waals surface area contributed by atoms with Gasteiger partial charge in [-0.2, -0.15) is 13.2 Å². The smallest absolute Gasteiger partial charge is 0.416 e. The molecule has 0 radical (unpaired) electrons. The maximum atomic E-state index is 13.3. The molecule has 2 amide bonds. The Balaban J connectivity index is 1.66. The van der Waals surface area contributed by atoms with Crippen LogP contribution in [0.1, 0.15) is 49.7 Å². The molecule has 8 heteroatoms. The Hall–Kier alpha value is -2.25. The van der Waals surface area contributed by atoms with Crippen LogP contribution < -0.4 is 5.32 Å². The lowest BCUT2D eigenvalue weighted by Crippen LogP contribution is -2.46. The van der Waals surface area contributed by atoms with Crippen molar-refractivity contribution in [3.05, 3.63) is 35.4 Å². The number of benzene rings is 1. The van der Waals surface area contributed by atoms with Gasteiger partial charge in [-0.25, -0.2) is 4.79 Å². The highest BCUT2D eigenvalue weighted by atomic mass is 19.4. The summed E-state index contributed by atoms with van der Waals surface area (Å²) in [6.07, 6.45) is -0.367. The van der Waals surface area contributed by atoms with Crippen molar-refractivity contribution in [2.45, 2.75) is 57.3 Å². The summed E-state index contributed by atoms with van der Waals surface area (Å²) in [6.45, 7) is 0.338. The molecule has 0 spiro atoms. The van der Waals surface area contributed by atoms with Crippen LogP contribution in [0.15, 0.2) is 24.3 Å². The van der Waals surface area contributed by atoms with Gasteiger partial charge in [0.25, 0.3) is 0 Å². The molecule has 2 aliphatic carbocycles. The predicted octanol–water partition coefficient (Wildman–Crippen LogP) is 4.27. The summed E-state index contributed by atoms with van der Waals surface area (Å²) in [5.41, 5.74) is -0.633. The first-order chi connectivity index (χ1) is 13.2. The molecule has 2 fully saturated rings. The number of nitrogens with zero attached hydrogens (tertiary/aromatic N) is 1. The van der Waals surface area contributed by atoms with Crippen molar-refractivity contribution in [2.24, 2.45) is 11.8 Å². The number of carbonyl (C=O) groups is 2. The van der Waals surface area contributed by atoms with E-state index in [0.717, 1.165) is 18.9 Å². The van der Waals surface area contributed by atoms with E-state index >= 15 is 0 Å². The zero-order valence-electron chi connectivity index (χ0n) is 15.5. The number of halogens is 3. The van der Waals surface area contributed by atoms with Crippen LogP contribution in [0, 0.1) is 11.8 Å². The molecular formula is C20H25F3N2O3. The zero-order chi connectivity index (χ0) is 20.3. The minimum atomic E-state index is -4.46. The molecule has 0 aliphatic heterocycles. The van der Waals surface area contributed by atoms with Crippen LogP contribution in [0.25, 0.3) is 0 Å². The number of amides is 2. The van der Waals surface area contributed by atoms with E-state index in [9.17, 15) is 22.8 Å². The number of alkyl halides is 3. The van der Waals surface area contributed by atoms with Crippen molar-refractivity contribution >= 4 is 12.0 Å². The van der Waals surface area contributed by atoms with Crippen molar-refractivity contribution in [2.75, 3.05) is 6.54 Å². The SMILES string of the molecule is O=C(O)C1CCC(NC(=O)N(Cc2ccccc2C(F)(F)F)CC2CC2)CC1. The highest BCUT2D eigenvalue weighted by molar-refractivity contribution is 5.75. The van der Waals surface area contributed by atoms with E-state index in [4.69, 9.17) is 5.11 Å². The summed E-state index contributed by atoms with van der Waals surface area (Å²) in [7, 11) is 0. The van der Waals surface area contributed by atoms with Crippen molar-refractivity contribution in [1.82, 2.24) is 10.2 Å². The first-order valence-corrected chi connectivity index (χ1v) is 9.67. The molecule has 2 saturated carbocycles. The molecule has 0 saturated heterocycles. The first kappa shape index (κ1) is 20.5. The van der Waals surface area contributed by atoms with Crippen LogP contribution in [0.4, 0.5) is 18.0 Å². The maximum absolute atomic E-state index is 13.3. The summed E-state index contributed by atoms with van der Waals surface area (Å²) in [5.74, 6) is -0.857. The topological polar surface area (TPSA) is 69.6 Å². The van der Waals surface area contributed by atoms with Gasteiger partial charge in [0.2, 0.25) is 0 Å². The minimum absolute atomic E-state index is 0.0837. The number of rotatable bonds is 6. The van der Waals surface area contributed by atoms with Crippen molar-refractivity contribution in [3.8, 4) is 0 Å². The van der Waals surface area contributed by atoms with Crippen LogP contribution in [0.3, 0.4) is 0 Å². The average molecular weight is 398 g/mol. The fraction of sp³-hybridized carbons (Fsp3) is 0.600. The fourth-order valence-corrected chi connectivity index (χ4v) is 3.72. The van der Waals surface area contributed by atoms with Gasteiger partial charge in [-0.15, -0.1) is 0 Å². The van der Waals surface area contributed by atoms with Crippen LogP contribution in [0.5, 0.6) is 0 Å². The van der Waals surface area contributed by atoms with Gasteiger partial charge < -0.3 is 15.3 Å². The monoisotopic (exact) mass is 398 g/mol. The Kier molecular flexibility index (Phi) is 6.15. The lowest BCUT2D eigenvalue weighted by molar-refractivity contribution is -0.143. The quantitative estimate of drug-likeness (QED) is 0.752. The molecular weight excluding hydrogens is 373 g/mol. The van der Waals surface area contributed by atoms with Crippen molar-refractivity contribution in [1.29, 1.82) is 0 Å². The Morgan fingerprint density at radius 3 is 2.29 bits per heavy atom. The van der Waals surface area contributed by atoms with Crippen LogP contribution in [0.2, 0.25) is 0 Å². The van der Waals surface area contributed by atoms with Crippen molar-refractivity contribution < 1.29 is 27.9 Å². The normalized spacial score (nSPS) is 22.5. The molecule has 28 heavy (non-hydrogen) atoms. The van der Waals surface area contributed by atoms with Gasteiger partial charge in [-0.05, 0) is 56.1 Å². The van der Waals surface area contributed by atoms with Gasteiger partial charge in [0.05, 0.1) is 11.5 Å². The highest BCUT2D eigenvalue weighted by Gasteiger charge is 2.35. The second-order valence-electron chi connectivity index (χ2n) is 7.82. The second-order valence-corrected chi connectivity index (χ2v) is 7.82. The summed E-state index contributed by atoms with van der Waals surface area (Å²) in [5, 5.41) is 12.0. The van der Waals surface area contributed by atoms with Gasteiger partial charge >= 0.3 is 18.2 Å². The highest BCUT2D eigenvalue weighted by Crippen LogP contribution is 2.34. The number of carboxylic acid groups (broad SMARTS) is 1. The molecule has 1 aromatic carbocycles. The van der Waals surface area contributed by atoms with E-state index in [1.165, 1.54) is 17.0 Å². The van der Waals surface area contributed by atoms with Gasteiger partial charge in [0.15, 0.2) is 0 Å². The molecule has 0 atom stereocenters. The number of urea groups is 1. The molecule has 154 valence electrons. The summed E-state index contributed by atoms with van der Waals surface area (Å²) in [4.78, 5) is 25.3. The third-order valence-electron chi connectivity index (χ3n) is 5.55. The van der Waals surface area contributed by atoms with E-state index in [-0.39, 0.29) is 30.1 Å². The van der Waals surface area contributed by atoms with Crippen LogP contribution in [-0.2, 0) is 17.5 Å². The van der Waals surface area contributed by atoms with E-state index in [1.807, 2.05) is 0 Å². The lowest BCUT2D eigenvalue weighted by atomic mass is 9.86. The van der Waals surface area contributed by atoms with E-state index < -0.39 is 17.7 Å². The van der Waals surface area contributed by atoms with Crippen molar-refractivity contribution in [3.63, 3.8) is 0 Å². The van der Waals surface area contributed by atoms with Crippen LogP contribution >= 0.6 is 0 Å². The third-order valence-corrected chi connectivity index (χ3v) is 5.55. The second kappa shape index (κ2) is 8.41. The Morgan fingerprint density at radius 2 is 1.71 bits per heavy atom. The Morgan fingerprint density at radius 1 is 1.07 bits per heavy atom. The van der Waals surface area contributed by atoms with Crippen LogP contribution in [-0.4, -0.2) is 34.6 Å². The van der Waals surface area contributed by atoms with E-state index in [1.54, 1.807) is 6.07 Å². The molecule has 0 bridgehead atoms. The summed E-state index contributed by atoms with van der Waals surface area (Å²) < 4.78 is 39.8. The number of hydrogen-bond acceptors (Lipinski definition) is 2. The molecule has 0 unspecified atom stereocenters. The molecule has 3 rings (SSSR count). The van der Waals surface area contributed by atoms with E-state index in [0.29, 0.717) is 38.1 Å². The lowest BCUT2D eigenvalue weighted by Gasteiger charge is -2.31. The number of hydrogen-bond donors (Lipinski definition) is 2. The molecule has 0 heterocycles. The molecule has 1 aromatic rings. The molecule has 2 N–H and O–H groups in total. The van der Waals surface area contributed by atoms with Gasteiger partial charge in [0.1, 0.15) is 0 Å². The van der Waals surface area contributed by atoms with Gasteiger partial charge in [-0.3, -0.25) is 4.79 Å². The number of carboxylic acids is 1. The minimum Gasteiger partial charge on any atom is -0.481 e. The van der Waals surface area contributed by atoms with Gasteiger partial charge in [0, 0.05) is 19.1 Å². The zero-order valence-corrected chi connectivity index (χ0v) is 15.5. The average Bonchev–Trinajstić information content (AvgIpc) is 3.45. The van der Waals surface area contributed by atoms with Gasteiger partial charge in [-0.1, -0.05) is 18.2 Å². The molecule has 0 aromatic heterocycles. The predicted molar refractivity (Wildman–Crippen MR) is 96.5 cm³/mol. The van der Waals surface area contributed by atoms with E-state index in [2.05, 4.69) is 5.32 Å². The first-order valence-electron chi connectivity index (χ1n) is 9.67. The molecule has 2 aliphatic rings. The fourth-order valence-electron chi connectivity index (χ4n) is 3.72. The Labute approximate surface area is 161 Å². The number of nitrogens with one attached hydrogen (secondary N) is 1. The maximum Gasteiger partial charge on any atom is 0.416 e. The number of aliphatic carboxylic acids is 1. The summed E-state index contributed by atoms with van der Waals surface area (Å²) >= 11 is 0.